The second-order valence-corrected chi connectivity index (χ2v) is 5.40. The van der Waals surface area contributed by atoms with Crippen molar-refractivity contribution in [1.29, 1.82) is 0 Å². The first kappa shape index (κ1) is 17.7. The molecule has 0 radical (unpaired) electrons. The zero-order valence-corrected chi connectivity index (χ0v) is 14.0. The van der Waals surface area contributed by atoms with Crippen LogP contribution in [-0.4, -0.2) is 23.5 Å². The first-order chi connectivity index (χ1) is 11.6. The summed E-state index contributed by atoms with van der Waals surface area (Å²) in [5.41, 5.74) is 6.32. The molecule has 0 aliphatic heterocycles. The van der Waals surface area contributed by atoms with Gasteiger partial charge in [-0.1, -0.05) is 13.0 Å². The van der Waals surface area contributed by atoms with Crippen molar-refractivity contribution < 1.29 is 14.3 Å². The molecule has 0 bridgehead atoms. The summed E-state index contributed by atoms with van der Waals surface area (Å²) in [5, 5.41) is 2.75. The molecule has 1 amide bonds. The van der Waals surface area contributed by atoms with E-state index in [1.54, 1.807) is 19.2 Å². The van der Waals surface area contributed by atoms with E-state index in [2.05, 4.69) is 17.2 Å². The quantitative estimate of drug-likeness (QED) is 0.777. The van der Waals surface area contributed by atoms with Crippen LogP contribution in [0, 0.1) is 0 Å². The predicted molar refractivity (Wildman–Crippen MR) is 92.0 cm³/mol. The smallest absolute Gasteiger partial charge is 0.236 e. The molecule has 0 saturated carbocycles. The van der Waals surface area contributed by atoms with Crippen molar-refractivity contribution in [1.82, 2.24) is 10.3 Å². The molecule has 1 heterocycles. The number of carbonyl (C=O) groups excluding carboxylic acids is 1. The van der Waals surface area contributed by atoms with Gasteiger partial charge in [0, 0.05) is 18.3 Å². The summed E-state index contributed by atoms with van der Waals surface area (Å²) in [6, 6.07) is 10.4. The van der Waals surface area contributed by atoms with Crippen LogP contribution in [0.1, 0.15) is 25.8 Å². The molecule has 0 aliphatic rings. The average Bonchev–Trinajstić information content (AvgIpc) is 2.60. The standard InChI is InChI=1S/C18H23N3O3/c1-3-11-23-15-6-8-16(9-7-15)24-18-14(5-4-10-20-18)12-21-17(22)13(2)19/h4-10,13H,3,11-12,19H2,1-2H3,(H,21,22)/t13-/m1/s1. The van der Waals surface area contributed by atoms with Crippen LogP contribution in [0.3, 0.4) is 0 Å². The highest BCUT2D eigenvalue weighted by atomic mass is 16.5. The van der Waals surface area contributed by atoms with Crippen molar-refractivity contribution in [3.05, 3.63) is 48.2 Å². The fourth-order valence-corrected chi connectivity index (χ4v) is 1.93. The molecular weight excluding hydrogens is 306 g/mol. The van der Waals surface area contributed by atoms with E-state index in [1.165, 1.54) is 0 Å². The first-order valence-corrected chi connectivity index (χ1v) is 7.98. The monoisotopic (exact) mass is 329 g/mol. The molecule has 1 aromatic carbocycles. The number of benzene rings is 1. The second kappa shape index (κ2) is 8.88. The number of nitrogens with one attached hydrogen (secondary N) is 1. The number of ether oxygens (including phenoxy) is 2. The predicted octanol–water partition coefficient (Wildman–Crippen LogP) is 2.63. The summed E-state index contributed by atoms with van der Waals surface area (Å²) < 4.78 is 11.4. The van der Waals surface area contributed by atoms with E-state index in [0.717, 1.165) is 17.7 Å². The van der Waals surface area contributed by atoms with E-state index in [4.69, 9.17) is 15.2 Å². The second-order valence-electron chi connectivity index (χ2n) is 5.40. The number of nitrogens with two attached hydrogens (primary N) is 1. The summed E-state index contributed by atoms with van der Waals surface area (Å²) >= 11 is 0. The van der Waals surface area contributed by atoms with Gasteiger partial charge in [-0.3, -0.25) is 4.79 Å². The minimum Gasteiger partial charge on any atom is -0.494 e. The summed E-state index contributed by atoms with van der Waals surface area (Å²) in [6.07, 6.45) is 2.60. The van der Waals surface area contributed by atoms with Gasteiger partial charge in [-0.05, 0) is 43.7 Å². The summed E-state index contributed by atoms with van der Waals surface area (Å²) in [5.74, 6) is 1.68. The van der Waals surface area contributed by atoms with Gasteiger partial charge in [0.1, 0.15) is 11.5 Å². The largest absolute Gasteiger partial charge is 0.494 e. The van der Waals surface area contributed by atoms with Crippen LogP contribution in [0.4, 0.5) is 0 Å². The minimum atomic E-state index is -0.554. The van der Waals surface area contributed by atoms with Crippen molar-refractivity contribution in [2.45, 2.75) is 32.9 Å². The number of hydrogen-bond donors (Lipinski definition) is 2. The average molecular weight is 329 g/mol. The number of hydrogen-bond acceptors (Lipinski definition) is 5. The van der Waals surface area contributed by atoms with Gasteiger partial charge in [-0.2, -0.15) is 0 Å². The molecule has 0 fully saturated rings. The number of amides is 1. The normalized spacial score (nSPS) is 11.6. The molecule has 3 N–H and O–H groups in total. The van der Waals surface area contributed by atoms with E-state index < -0.39 is 6.04 Å². The minimum absolute atomic E-state index is 0.220. The maximum atomic E-state index is 11.6. The third-order valence-electron chi connectivity index (χ3n) is 3.23. The molecule has 6 heteroatoms. The first-order valence-electron chi connectivity index (χ1n) is 7.98. The van der Waals surface area contributed by atoms with Gasteiger partial charge in [-0.25, -0.2) is 4.98 Å². The van der Waals surface area contributed by atoms with Crippen molar-refractivity contribution in [2.75, 3.05) is 6.61 Å². The number of rotatable bonds is 8. The van der Waals surface area contributed by atoms with Crippen molar-refractivity contribution in [3.63, 3.8) is 0 Å². The number of carbonyl (C=O) groups is 1. The molecule has 2 rings (SSSR count). The van der Waals surface area contributed by atoms with Gasteiger partial charge in [0.05, 0.1) is 12.6 Å². The lowest BCUT2D eigenvalue weighted by Crippen LogP contribution is -2.37. The van der Waals surface area contributed by atoms with Crippen LogP contribution in [0.2, 0.25) is 0 Å². The molecule has 6 nitrogen and oxygen atoms in total. The maximum absolute atomic E-state index is 11.6. The molecule has 24 heavy (non-hydrogen) atoms. The lowest BCUT2D eigenvalue weighted by molar-refractivity contribution is -0.122. The van der Waals surface area contributed by atoms with Crippen molar-refractivity contribution >= 4 is 5.91 Å². The molecule has 0 aliphatic carbocycles. The SMILES string of the molecule is CCCOc1ccc(Oc2ncccc2CNC(=O)[C@@H](C)N)cc1. The van der Waals surface area contributed by atoms with Crippen LogP contribution < -0.4 is 20.5 Å². The van der Waals surface area contributed by atoms with Crippen LogP contribution in [-0.2, 0) is 11.3 Å². The Morgan fingerprint density at radius 3 is 2.62 bits per heavy atom. The molecule has 0 spiro atoms. The molecule has 2 aromatic rings. The molecular formula is C18H23N3O3. The lowest BCUT2D eigenvalue weighted by Gasteiger charge is -2.12. The highest BCUT2D eigenvalue weighted by molar-refractivity contribution is 5.80. The van der Waals surface area contributed by atoms with Crippen LogP contribution in [0.25, 0.3) is 0 Å². The Morgan fingerprint density at radius 1 is 1.25 bits per heavy atom. The summed E-state index contributed by atoms with van der Waals surface area (Å²) in [6.45, 7) is 4.69. The summed E-state index contributed by atoms with van der Waals surface area (Å²) in [7, 11) is 0. The molecule has 1 atom stereocenters. The Balaban J connectivity index is 2.02. The van der Waals surface area contributed by atoms with Crippen LogP contribution in [0.5, 0.6) is 17.4 Å². The van der Waals surface area contributed by atoms with E-state index in [-0.39, 0.29) is 5.91 Å². The van der Waals surface area contributed by atoms with Gasteiger partial charge in [0.15, 0.2) is 0 Å². The fraction of sp³-hybridized carbons (Fsp3) is 0.333. The fourth-order valence-electron chi connectivity index (χ4n) is 1.93. The van der Waals surface area contributed by atoms with E-state index >= 15 is 0 Å². The van der Waals surface area contributed by atoms with E-state index in [0.29, 0.717) is 24.8 Å². The Hall–Kier alpha value is -2.60. The van der Waals surface area contributed by atoms with Gasteiger partial charge in [0.2, 0.25) is 11.8 Å². The van der Waals surface area contributed by atoms with Crippen LogP contribution in [0.15, 0.2) is 42.6 Å². The van der Waals surface area contributed by atoms with Crippen LogP contribution >= 0.6 is 0 Å². The van der Waals surface area contributed by atoms with Gasteiger partial charge < -0.3 is 20.5 Å². The Morgan fingerprint density at radius 2 is 1.96 bits per heavy atom. The zero-order chi connectivity index (χ0) is 17.4. The van der Waals surface area contributed by atoms with Gasteiger partial charge in [-0.15, -0.1) is 0 Å². The third-order valence-corrected chi connectivity index (χ3v) is 3.23. The molecule has 128 valence electrons. The number of aromatic nitrogens is 1. The van der Waals surface area contributed by atoms with Crippen molar-refractivity contribution in [3.8, 4) is 17.4 Å². The Bertz CT molecular complexity index is 657. The number of nitrogens with zero attached hydrogens (tertiary/aromatic N) is 1. The summed E-state index contributed by atoms with van der Waals surface area (Å²) in [4.78, 5) is 15.8. The Kier molecular flexibility index (Phi) is 6.57. The Labute approximate surface area is 142 Å². The maximum Gasteiger partial charge on any atom is 0.236 e. The van der Waals surface area contributed by atoms with Gasteiger partial charge in [0.25, 0.3) is 0 Å². The highest BCUT2D eigenvalue weighted by Crippen LogP contribution is 2.25. The zero-order valence-electron chi connectivity index (χ0n) is 14.0. The lowest BCUT2D eigenvalue weighted by atomic mass is 10.2. The molecule has 1 aromatic heterocycles. The number of pyridine rings is 1. The van der Waals surface area contributed by atoms with E-state index in [9.17, 15) is 4.79 Å². The molecule has 0 unspecified atom stereocenters. The van der Waals surface area contributed by atoms with E-state index in [1.807, 2.05) is 30.3 Å². The van der Waals surface area contributed by atoms with Gasteiger partial charge >= 0.3 is 0 Å². The molecule has 0 saturated heterocycles. The third kappa shape index (κ3) is 5.24. The van der Waals surface area contributed by atoms with Crippen molar-refractivity contribution in [2.24, 2.45) is 5.73 Å². The topological polar surface area (TPSA) is 86.5 Å². The highest BCUT2D eigenvalue weighted by Gasteiger charge is 2.10.